The Hall–Kier alpha value is -5.65. The first-order valence-electron chi connectivity index (χ1n) is 11.8. The van der Waals surface area contributed by atoms with Crippen molar-refractivity contribution in [3.05, 3.63) is 140 Å². The Balaban J connectivity index is 0.000000175. The number of anilines is 2. The second kappa shape index (κ2) is 14.0. The molecule has 184 valence electrons. The maximum absolute atomic E-state index is 11.9. The van der Waals surface area contributed by atoms with Gasteiger partial charge in [-0.1, -0.05) is 92.0 Å². The number of hydrogen-bond donors (Lipinski definition) is 1. The number of amides is 1. The SMILES string of the molecule is C=CC(=O)N(c1ccccc1)c1ccccc1.C=Cc1cccc2c1[nH]c1ccccc12.N#CC=CC#N. The molecule has 1 N–H and O–H groups in total. The monoisotopic (exact) mass is 494 g/mol. The van der Waals surface area contributed by atoms with Crippen LogP contribution in [0.5, 0.6) is 0 Å². The van der Waals surface area contributed by atoms with E-state index in [4.69, 9.17) is 10.5 Å². The number of aromatic amines is 1. The minimum Gasteiger partial charge on any atom is -0.354 e. The highest BCUT2D eigenvalue weighted by atomic mass is 16.2. The molecule has 0 aliphatic rings. The van der Waals surface area contributed by atoms with Gasteiger partial charge in [-0.05, 0) is 42.0 Å². The second-order valence-electron chi connectivity index (χ2n) is 7.78. The average molecular weight is 495 g/mol. The van der Waals surface area contributed by atoms with E-state index in [0.717, 1.165) is 29.1 Å². The molecule has 1 heterocycles. The summed E-state index contributed by atoms with van der Waals surface area (Å²) in [4.78, 5) is 17.0. The highest BCUT2D eigenvalue weighted by Crippen LogP contribution is 2.28. The van der Waals surface area contributed by atoms with Crippen molar-refractivity contribution in [3.63, 3.8) is 0 Å². The van der Waals surface area contributed by atoms with Gasteiger partial charge in [0.1, 0.15) is 0 Å². The lowest BCUT2D eigenvalue weighted by Crippen LogP contribution is -2.23. The third-order valence-corrected chi connectivity index (χ3v) is 5.45. The number of carbonyl (C=O) groups excluding carboxylic acids is 1. The van der Waals surface area contributed by atoms with Crippen LogP contribution in [0.4, 0.5) is 11.4 Å². The van der Waals surface area contributed by atoms with E-state index in [-0.39, 0.29) is 5.91 Å². The number of nitriles is 2. The number of nitrogens with zero attached hydrogens (tertiary/aromatic N) is 3. The van der Waals surface area contributed by atoms with E-state index in [0.29, 0.717) is 0 Å². The van der Waals surface area contributed by atoms with Gasteiger partial charge in [0, 0.05) is 39.8 Å². The van der Waals surface area contributed by atoms with Crippen LogP contribution in [0.3, 0.4) is 0 Å². The van der Waals surface area contributed by atoms with Crippen LogP contribution >= 0.6 is 0 Å². The van der Waals surface area contributed by atoms with E-state index in [1.165, 1.54) is 27.9 Å². The molecule has 0 bridgehead atoms. The largest absolute Gasteiger partial charge is 0.354 e. The first-order chi connectivity index (χ1) is 18.6. The first-order valence-corrected chi connectivity index (χ1v) is 11.8. The molecule has 1 aromatic heterocycles. The van der Waals surface area contributed by atoms with Gasteiger partial charge >= 0.3 is 0 Å². The minimum atomic E-state index is -0.137. The summed E-state index contributed by atoms with van der Waals surface area (Å²) < 4.78 is 0. The van der Waals surface area contributed by atoms with Crippen LogP contribution in [0.1, 0.15) is 5.56 Å². The Labute approximate surface area is 222 Å². The lowest BCUT2D eigenvalue weighted by molar-refractivity contribution is -0.113. The third-order valence-electron chi connectivity index (χ3n) is 5.45. The average Bonchev–Trinajstić information content (AvgIpc) is 3.37. The van der Waals surface area contributed by atoms with Crippen LogP contribution in [0.15, 0.2) is 135 Å². The van der Waals surface area contributed by atoms with Gasteiger partial charge < -0.3 is 4.98 Å². The maximum atomic E-state index is 11.9. The van der Waals surface area contributed by atoms with Crippen molar-refractivity contribution >= 4 is 45.2 Å². The molecule has 0 fully saturated rings. The van der Waals surface area contributed by atoms with E-state index in [9.17, 15) is 4.79 Å². The van der Waals surface area contributed by atoms with Gasteiger partial charge in [0.15, 0.2) is 0 Å². The van der Waals surface area contributed by atoms with E-state index in [1.807, 2.05) is 72.8 Å². The summed E-state index contributed by atoms with van der Waals surface area (Å²) >= 11 is 0. The molecular formula is C33H26N4O. The molecule has 38 heavy (non-hydrogen) atoms. The highest BCUT2D eigenvalue weighted by molar-refractivity contribution is 6.09. The van der Waals surface area contributed by atoms with Crippen LogP contribution in [-0.4, -0.2) is 10.9 Å². The molecule has 0 spiro atoms. The van der Waals surface area contributed by atoms with E-state index >= 15 is 0 Å². The number of nitrogens with one attached hydrogen (secondary N) is 1. The Morgan fingerprint density at radius 2 is 1.24 bits per heavy atom. The second-order valence-corrected chi connectivity index (χ2v) is 7.78. The number of aromatic nitrogens is 1. The number of rotatable bonds is 4. The summed E-state index contributed by atoms with van der Waals surface area (Å²) in [6.07, 6.45) is 5.46. The number of carbonyl (C=O) groups is 1. The van der Waals surface area contributed by atoms with Gasteiger partial charge in [-0.15, -0.1) is 0 Å². The number of H-pyrrole nitrogens is 1. The molecule has 0 unspecified atom stereocenters. The fraction of sp³-hybridized carbons (Fsp3) is 0. The zero-order valence-electron chi connectivity index (χ0n) is 20.8. The summed E-state index contributed by atoms with van der Waals surface area (Å²) in [7, 11) is 0. The van der Waals surface area contributed by atoms with E-state index in [2.05, 4.69) is 54.5 Å². The summed E-state index contributed by atoms with van der Waals surface area (Å²) in [6.45, 7) is 7.37. The zero-order chi connectivity index (χ0) is 27.2. The lowest BCUT2D eigenvalue weighted by Gasteiger charge is -2.21. The summed E-state index contributed by atoms with van der Waals surface area (Å²) in [5, 5.41) is 18.0. The maximum Gasteiger partial charge on any atom is 0.254 e. The molecule has 5 heteroatoms. The molecule has 0 atom stereocenters. The van der Waals surface area contributed by atoms with Gasteiger partial charge in [-0.2, -0.15) is 10.5 Å². The van der Waals surface area contributed by atoms with Crippen molar-refractivity contribution in [1.29, 1.82) is 10.5 Å². The standard InChI is InChI=1S/C15H13NO.C14H11N.C4H2N2/c1-2-15(17)16(13-9-5-3-6-10-13)14-11-7-4-8-12-14;1-2-10-6-5-8-12-11-7-3-4-9-13(11)15-14(10)12;5-3-1-2-4-6/h2-12H,1H2;2-9,15H,1H2;1-2H. The van der Waals surface area contributed by atoms with Crippen LogP contribution < -0.4 is 4.90 Å². The molecule has 0 radical (unpaired) electrons. The van der Waals surface area contributed by atoms with Crippen molar-refractivity contribution in [2.75, 3.05) is 4.90 Å². The molecule has 4 aromatic carbocycles. The predicted molar refractivity (Wildman–Crippen MR) is 156 cm³/mol. The van der Waals surface area contributed by atoms with Gasteiger partial charge in [0.05, 0.1) is 17.7 Å². The third kappa shape index (κ3) is 6.73. The summed E-state index contributed by atoms with van der Waals surface area (Å²) in [6, 6.07) is 37.0. The van der Waals surface area contributed by atoms with Crippen molar-refractivity contribution in [2.24, 2.45) is 0 Å². The summed E-state index contributed by atoms with van der Waals surface area (Å²) in [5.74, 6) is -0.137. The van der Waals surface area contributed by atoms with Gasteiger partial charge in [0.2, 0.25) is 0 Å². The highest BCUT2D eigenvalue weighted by Gasteiger charge is 2.14. The molecule has 0 saturated heterocycles. The molecule has 0 saturated carbocycles. The molecule has 5 rings (SSSR count). The number of benzene rings is 4. The number of para-hydroxylation sites is 4. The fourth-order valence-electron chi connectivity index (χ4n) is 3.79. The Morgan fingerprint density at radius 3 is 1.76 bits per heavy atom. The van der Waals surface area contributed by atoms with Crippen molar-refractivity contribution in [1.82, 2.24) is 4.98 Å². The molecule has 0 aliphatic heterocycles. The molecule has 1 amide bonds. The van der Waals surface area contributed by atoms with Gasteiger partial charge in [0.25, 0.3) is 5.91 Å². The zero-order valence-corrected chi connectivity index (χ0v) is 20.8. The first kappa shape index (κ1) is 26.9. The van der Waals surface area contributed by atoms with Crippen LogP contribution in [0.25, 0.3) is 27.9 Å². The molecular weight excluding hydrogens is 468 g/mol. The molecule has 5 aromatic rings. The summed E-state index contributed by atoms with van der Waals surface area (Å²) in [5.41, 5.74) is 5.19. The topological polar surface area (TPSA) is 83.7 Å². The van der Waals surface area contributed by atoms with Crippen LogP contribution in [0.2, 0.25) is 0 Å². The van der Waals surface area contributed by atoms with Crippen LogP contribution in [0, 0.1) is 22.7 Å². The number of fused-ring (bicyclic) bond motifs is 3. The van der Waals surface area contributed by atoms with Gasteiger partial charge in [-0.3, -0.25) is 9.69 Å². The normalized spacial score (nSPS) is 9.74. The van der Waals surface area contributed by atoms with Crippen LogP contribution in [-0.2, 0) is 4.79 Å². The Bertz CT molecular complexity index is 1580. The quantitative estimate of drug-likeness (QED) is 0.202. The predicted octanol–water partition coefficient (Wildman–Crippen LogP) is 8.09. The van der Waals surface area contributed by atoms with E-state index < -0.39 is 0 Å². The van der Waals surface area contributed by atoms with E-state index in [1.54, 1.807) is 17.0 Å². The lowest BCUT2D eigenvalue weighted by atomic mass is 10.1. The smallest absolute Gasteiger partial charge is 0.254 e. The number of allylic oxidation sites excluding steroid dienone is 2. The van der Waals surface area contributed by atoms with Crippen molar-refractivity contribution in [3.8, 4) is 12.1 Å². The van der Waals surface area contributed by atoms with Crippen molar-refractivity contribution < 1.29 is 4.79 Å². The fourth-order valence-corrected chi connectivity index (χ4v) is 3.79. The van der Waals surface area contributed by atoms with Crippen molar-refractivity contribution in [2.45, 2.75) is 0 Å². The molecule has 0 aliphatic carbocycles. The molecule has 5 nitrogen and oxygen atoms in total. The Morgan fingerprint density at radius 1 is 0.711 bits per heavy atom. The number of hydrogen-bond acceptors (Lipinski definition) is 3. The Kier molecular flexibility index (Phi) is 9.96. The van der Waals surface area contributed by atoms with Gasteiger partial charge in [-0.25, -0.2) is 0 Å². The minimum absolute atomic E-state index is 0.137.